The molecule has 1 N–H and O–H groups in total. The van der Waals surface area contributed by atoms with Crippen molar-refractivity contribution in [2.45, 2.75) is 33.3 Å². The molecular formula is C14H21NO. The van der Waals surface area contributed by atoms with Crippen LogP contribution in [-0.4, -0.2) is 18.2 Å². The van der Waals surface area contributed by atoms with E-state index >= 15 is 0 Å². The van der Waals surface area contributed by atoms with Gasteiger partial charge in [-0.05, 0) is 36.0 Å². The highest BCUT2D eigenvalue weighted by atomic mass is 16.3. The Kier molecular flexibility index (Phi) is 3.20. The van der Waals surface area contributed by atoms with Crippen molar-refractivity contribution in [2.75, 3.05) is 18.0 Å². The Labute approximate surface area is 97.9 Å². The minimum absolute atomic E-state index is 0.132. The van der Waals surface area contributed by atoms with Crippen molar-refractivity contribution in [3.63, 3.8) is 0 Å². The molecule has 1 saturated heterocycles. The average Bonchev–Trinajstić information content (AvgIpc) is 2.29. The van der Waals surface area contributed by atoms with Gasteiger partial charge in [-0.25, -0.2) is 0 Å². The maximum absolute atomic E-state index is 8.99. The quantitative estimate of drug-likeness (QED) is 0.826. The van der Waals surface area contributed by atoms with Crippen LogP contribution in [0.4, 0.5) is 5.69 Å². The molecule has 0 aliphatic carbocycles. The summed E-state index contributed by atoms with van der Waals surface area (Å²) in [4.78, 5) is 2.44. The minimum atomic E-state index is 0.132. The molecule has 16 heavy (non-hydrogen) atoms. The Hall–Kier alpha value is -1.02. The van der Waals surface area contributed by atoms with Crippen molar-refractivity contribution in [3.8, 4) is 0 Å². The van der Waals surface area contributed by atoms with E-state index in [0.717, 1.165) is 18.7 Å². The fourth-order valence-corrected chi connectivity index (χ4v) is 2.18. The number of anilines is 1. The maximum Gasteiger partial charge on any atom is 0.0681 e. The fourth-order valence-electron chi connectivity index (χ4n) is 2.18. The van der Waals surface area contributed by atoms with Crippen LogP contribution in [-0.2, 0) is 6.61 Å². The molecule has 1 aliphatic rings. The summed E-state index contributed by atoms with van der Waals surface area (Å²) in [6.07, 6.45) is 2.52. The Morgan fingerprint density at radius 1 is 1.12 bits per heavy atom. The lowest BCUT2D eigenvalue weighted by atomic mass is 9.82. The topological polar surface area (TPSA) is 23.5 Å². The molecule has 0 bridgehead atoms. The van der Waals surface area contributed by atoms with Gasteiger partial charge in [0.05, 0.1) is 6.61 Å². The van der Waals surface area contributed by atoms with Gasteiger partial charge >= 0.3 is 0 Å². The molecule has 0 saturated carbocycles. The van der Waals surface area contributed by atoms with Crippen LogP contribution in [0.1, 0.15) is 32.3 Å². The number of aliphatic hydroxyl groups is 1. The molecule has 1 fully saturated rings. The Morgan fingerprint density at radius 2 is 1.69 bits per heavy atom. The van der Waals surface area contributed by atoms with E-state index in [1.165, 1.54) is 18.5 Å². The molecule has 2 heteroatoms. The predicted octanol–water partition coefficient (Wildman–Crippen LogP) is 2.81. The van der Waals surface area contributed by atoms with Gasteiger partial charge in [0.25, 0.3) is 0 Å². The normalized spacial score (nSPS) is 19.8. The lowest BCUT2D eigenvalue weighted by Crippen LogP contribution is -2.37. The highest BCUT2D eigenvalue weighted by molar-refractivity contribution is 5.47. The second kappa shape index (κ2) is 4.46. The molecule has 1 aromatic rings. The van der Waals surface area contributed by atoms with E-state index in [9.17, 15) is 0 Å². The van der Waals surface area contributed by atoms with Crippen molar-refractivity contribution in [2.24, 2.45) is 5.41 Å². The molecule has 0 atom stereocenters. The number of nitrogens with zero attached hydrogens (tertiary/aromatic N) is 1. The first kappa shape index (κ1) is 11.5. The molecule has 2 rings (SSSR count). The van der Waals surface area contributed by atoms with Crippen molar-refractivity contribution in [1.29, 1.82) is 0 Å². The van der Waals surface area contributed by atoms with E-state index in [-0.39, 0.29) is 6.61 Å². The number of hydrogen-bond donors (Lipinski definition) is 1. The van der Waals surface area contributed by atoms with Crippen molar-refractivity contribution in [3.05, 3.63) is 29.8 Å². The summed E-state index contributed by atoms with van der Waals surface area (Å²) in [5, 5.41) is 8.99. The molecule has 2 nitrogen and oxygen atoms in total. The van der Waals surface area contributed by atoms with E-state index in [0.29, 0.717) is 5.41 Å². The predicted molar refractivity (Wildman–Crippen MR) is 67.6 cm³/mol. The fraction of sp³-hybridized carbons (Fsp3) is 0.571. The maximum atomic E-state index is 8.99. The number of hydrogen-bond acceptors (Lipinski definition) is 2. The van der Waals surface area contributed by atoms with E-state index in [4.69, 9.17) is 5.11 Å². The standard InChI is InChI=1S/C14H21NO/c1-14(2)7-9-15(10-8-14)13-5-3-12(11-16)4-6-13/h3-6,16H,7-11H2,1-2H3. The van der Waals surface area contributed by atoms with E-state index in [1.54, 1.807) is 0 Å². The van der Waals surface area contributed by atoms with E-state index < -0.39 is 0 Å². The summed E-state index contributed by atoms with van der Waals surface area (Å²) in [7, 11) is 0. The van der Waals surface area contributed by atoms with Gasteiger partial charge < -0.3 is 10.0 Å². The second-order valence-corrected chi connectivity index (χ2v) is 5.48. The lowest BCUT2D eigenvalue weighted by Gasteiger charge is -2.38. The summed E-state index contributed by atoms with van der Waals surface area (Å²) in [5.41, 5.74) is 2.77. The summed E-state index contributed by atoms with van der Waals surface area (Å²) in [5.74, 6) is 0. The van der Waals surface area contributed by atoms with Gasteiger partial charge in [-0.2, -0.15) is 0 Å². The Morgan fingerprint density at radius 3 is 2.19 bits per heavy atom. The number of aliphatic hydroxyl groups excluding tert-OH is 1. The third-order valence-corrected chi connectivity index (χ3v) is 3.60. The van der Waals surface area contributed by atoms with Crippen LogP contribution in [0.25, 0.3) is 0 Å². The number of rotatable bonds is 2. The monoisotopic (exact) mass is 219 g/mol. The van der Waals surface area contributed by atoms with Crippen LogP contribution >= 0.6 is 0 Å². The van der Waals surface area contributed by atoms with Crippen LogP contribution in [0.5, 0.6) is 0 Å². The molecular weight excluding hydrogens is 198 g/mol. The highest BCUT2D eigenvalue weighted by Gasteiger charge is 2.25. The third-order valence-electron chi connectivity index (χ3n) is 3.60. The zero-order valence-electron chi connectivity index (χ0n) is 10.2. The Balaban J connectivity index is 2.03. The number of piperidine rings is 1. The molecule has 0 unspecified atom stereocenters. The first-order chi connectivity index (χ1) is 7.61. The van der Waals surface area contributed by atoms with Gasteiger partial charge in [-0.15, -0.1) is 0 Å². The largest absolute Gasteiger partial charge is 0.392 e. The zero-order valence-corrected chi connectivity index (χ0v) is 10.2. The molecule has 0 aromatic heterocycles. The molecule has 1 aliphatic heterocycles. The van der Waals surface area contributed by atoms with Gasteiger partial charge in [-0.3, -0.25) is 0 Å². The van der Waals surface area contributed by atoms with Gasteiger partial charge in [0.1, 0.15) is 0 Å². The van der Waals surface area contributed by atoms with Gasteiger partial charge in [0, 0.05) is 18.8 Å². The van der Waals surface area contributed by atoms with Crippen LogP contribution in [0, 0.1) is 5.41 Å². The molecule has 88 valence electrons. The summed E-state index contributed by atoms with van der Waals surface area (Å²) >= 11 is 0. The van der Waals surface area contributed by atoms with Crippen molar-refractivity contribution in [1.82, 2.24) is 0 Å². The minimum Gasteiger partial charge on any atom is -0.392 e. The zero-order chi connectivity index (χ0) is 11.6. The molecule has 1 heterocycles. The smallest absolute Gasteiger partial charge is 0.0681 e. The summed E-state index contributed by atoms with van der Waals surface area (Å²) in [6.45, 7) is 7.11. The van der Waals surface area contributed by atoms with Gasteiger partial charge in [-0.1, -0.05) is 26.0 Å². The molecule has 0 amide bonds. The molecule has 1 aromatic carbocycles. The highest BCUT2D eigenvalue weighted by Crippen LogP contribution is 2.32. The van der Waals surface area contributed by atoms with Crippen molar-refractivity contribution >= 4 is 5.69 Å². The van der Waals surface area contributed by atoms with E-state index in [2.05, 4.69) is 30.9 Å². The lowest BCUT2D eigenvalue weighted by molar-refractivity contribution is 0.279. The summed E-state index contributed by atoms with van der Waals surface area (Å²) in [6, 6.07) is 8.25. The Bertz CT molecular complexity index is 332. The van der Waals surface area contributed by atoms with Crippen LogP contribution in [0.15, 0.2) is 24.3 Å². The van der Waals surface area contributed by atoms with Crippen LogP contribution < -0.4 is 4.90 Å². The van der Waals surface area contributed by atoms with Crippen LogP contribution in [0.2, 0.25) is 0 Å². The van der Waals surface area contributed by atoms with E-state index in [1.807, 2.05) is 12.1 Å². The van der Waals surface area contributed by atoms with Gasteiger partial charge in [0.2, 0.25) is 0 Å². The van der Waals surface area contributed by atoms with Crippen molar-refractivity contribution < 1.29 is 5.11 Å². The molecule has 0 spiro atoms. The number of benzene rings is 1. The van der Waals surface area contributed by atoms with Crippen LogP contribution in [0.3, 0.4) is 0 Å². The average molecular weight is 219 g/mol. The summed E-state index contributed by atoms with van der Waals surface area (Å²) < 4.78 is 0. The first-order valence-corrected chi connectivity index (χ1v) is 6.05. The van der Waals surface area contributed by atoms with Gasteiger partial charge in [0.15, 0.2) is 0 Å². The molecule has 0 radical (unpaired) electrons. The second-order valence-electron chi connectivity index (χ2n) is 5.48. The third kappa shape index (κ3) is 2.56. The SMILES string of the molecule is CC1(C)CCN(c2ccc(CO)cc2)CC1. The first-order valence-electron chi connectivity index (χ1n) is 6.05.